The standard InChI is InChI=1S/C16H21NO2/c1-4-5-6-7-8-14(17)13-9-12(11(2)3)15(18)10-16(13)19/h4-6,9-11,17-19H,1,7-8H2,2-3H3. The number of phenols is 2. The smallest absolute Gasteiger partial charge is 0.128 e. The molecule has 0 atom stereocenters. The van der Waals surface area contributed by atoms with E-state index in [1.54, 1.807) is 12.1 Å². The summed E-state index contributed by atoms with van der Waals surface area (Å²) < 4.78 is 0. The normalized spacial score (nSPS) is 11.1. The molecule has 0 saturated heterocycles. The second kappa shape index (κ2) is 6.78. The summed E-state index contributed by atoms with van der Waals surface area (Å²) in [5.41, 5.74) is 1.61. The Balaban J connectivity index is 2.93. The molecule has 0 spiro atoms. The first kappa shape index (κ1) is 15.0. The summed E-state index contributed by atoms with van der Waals surface area (Å²) in [6.45, 7) is 7.51. The Bertz CT molecular complexity index is 502. The molecule has 0 aliphatic rings. The van der Waals surface area contributed by atoms with E-state index in [4.69, 9.17) is 5.41 Å². The van der Waals surface area contributed by atoms with E-state index in [9.17, 15) is 10.2 Å². The van der Waals surface area contributed by atoms with Gasteiger partial charge in [0.25, 0.3) is 0 Å². The van der Waals surface area contributed by atoms with Crippen LogP contribution in [-0.2, 0) is 0 Å². The summed E-state index contributed by atoms with van der Waals surface area (Å²) in [7, 11) is 0. The van der Waals surface area contributed by atoms with Crippen molar-refractivity contribution >= 4 is 5.71 Å². The molecule has 0 radical (unpaired) electrons. The molecule has 0 aliphatic carbocycles. The zero-order valence-electron chi connectivity index (χ0n) is 11.5. The van der Waals surface area contributed by atoms with Crippen LogP contribution >= 0.6 is 0 Å². The van der Waals surface area contributed by atoms with Crippen LogP contribution in [0.25, 0.3) is 0 Å². The van der Waals surface area contributed by atoms with Crippen LogP contribution in [0.15, 0.2) is 36.9 Å². The fraction of sp³-hybridized carbons (Fsp3) is 0.312. The van der Waals surface area contributed by atoms with Crippen LogP contribution in [0.2, 0.25) is 0 Å². The Morgan fingerprint density at radius 2 is 2.00 bits per heavy atom. The van der Waals surface area contributed by atoms with Crippen molar-refractivity contribution in [3.63, 3.8) is 0 Å². The summed E-state index contributed by atoms with van der Waals surface area (Å²) in [6, 6.07) is 3.02. The highest BCUT2D eigenvalue weighted by atomic mass is 16.3. The summed E-state index contributed by atoms with van der Waals surface area (Å²) in [4.78, 5) is 0. The average Bonchev–Trinajstić information content (AvgIpc) is 2.34. The lowest BCUT2D eigenvalue weighted by Gasteiger charge is -2.13. The van der Waals surface area contributed by atoms with Gasteiger partial charge in [-0.3, -0.25) is 0 Å². The Morgan fingerprint density at radius 3 is 2.58 bits per heavy atom. The van der Waals surface area contributed by atoms with E-state index in [1.165, 1.54) is 6.07 Å². The molecule has 0 bridgehead atoms. The molecular weight excluding hydrogens is 238 g/mol. The minimum absolute atomic E-state index is 0.0420. The zero-order chi connectivity index (χ0) is 14.4. The van der Waals surface area contributed by atoms with Crippen LogP contribution in [0, 0.1) is 5.41 Å². The topological polar surface area (TPSA) is 64.3 Å². The van der Waals surface area contributed by atoms with Gasteiger partial charge in [0, 0.05) is 17.3 Å². The SMILES string of the molecule is C=CC=CCCC(=N)c1cc(C(C)C)c(O)cc1O. The Labute approximate surface area is 114 Å². The van der Waals surface area contributed by atoms with E-state index in [1.807, 2.05) is 26.0 Å². The van der Waals surface area contributed by atoms with Crippen molar-refractivity contribution in [1.29, 1.82) is 5.41 Å². The summed E-state index contributed by atoms with van der Waals surface area (Å²) in [6.07, 6.45) is 6.73. The summed E-state index contributed by atoms with van der Waals surface area (Å²) in [5, 5.41) is 27.6. The quantitative estimate of drug-likeness (QED) is 0.531. The van der Waals surface area contributed by atoms with Crippen molar-refractivity contribution in [2.45, 2.75) is 32.6 Å². The lowest BCUT2D eigenvalue weighted by Crippen LogP contribution is -2.01. The molecule has 3 heteroatoms. The van der Waals surface area contributed by atoms with Crippen molar-refractivity contribution in [3.8, 4) is 11.5 Å². The molecule has 0 amide bonds. The fourth-order valence-electron chi connectivity index (χ4n) is 1.85. The molecule has 0 heterocycles. The molecule has 1 rings (SSSR count). The Kier molecular flexibility index (Phi) is 5.37. The van der Waals surface area contributed by atoms with E-state index in [-0.39, 0.29) is 17.4 Å². The van der Waals surface area contributed by atoms with Crippen molar-refractivity contribution in [2.24, 2.45) is 0 Å². The van der Waals surface area contributed by atoms with Crippen molar-refractivity contribution in [2.75, 3.05) is 0 Å². The molecule has 0 aromatic heterocycles. The zero-order valence-corrected chi connectivity index (χ0v) is 11.5. The van der Waals surface area contributed by atoms with E-state index in [0.29, 0.717) is 17.7 Å². The molecular formula is C16H21NO2. The van der Waals surface area contributed by atoms with Gasteiger partial charge in [-0.05, 0) is 30.4 Å². The summed E-state index contributed by atoms with van der Waals surface area (Å²) in [5.74, 6) is 0.183. The molecule has 1 aromatic carbocycles. The number of phenolic OH excluding ortho intramolecular Hbond substituents is 2. The van der Waals surface area contributed by atoms with Crippen LogP contribution in [0.3, 0.4) is 0 Å². The number of nitrogens with one attached hydrogen (secondary N) is 1. The van der Waals surface area contributed by atoms with Gasteiger partial charge < -0.3 is 15.6 Å². The minimum atomic E-state index is -0.0420. The highest BCUT2D eigenvalue weighted by Crippen LogP contribution is 2.32. The van der Waals surface area contributed by atoms with Gasteiger partial charge in [-0.1, -0.05) is 38.7 Å². The second-order valence-electron chi connectivity index (χ2n) is 4.76. The monoisotopic (exact) mass is 259 g/mol. The number of aromatic hydroxyl groups is 2. The molecule has 3 N–H and O–H groups in total. The van der Waals surface area contributed by atoms with Crippen LogP contribution in [0.5, 0.6) is 11.5 Å². The second-order valence-corrected chi connectivity index (χ2v) is 4.76. The van der Waals surface area contributed by atoms with Gasteiger partial charge in [0.15, 0.2) is 0 Å². The Hall–Kier alpha value is -2.03. The maximum absolute atomic E-state index is 9.84. The molecule has 102 valence electrons. The van der Waals surface area contributed by atoms with Gasteiger partial charge in [0.1, 0.15) is 11.5 Å². The van der Waals surface area contributed by atoms with Crippen LogP contribution < -0.4 is 0 Å². The van der Waals surface area contributed by atoms with E-state index >= 15 is 0 Å². The third kappa shape index (κ3) is 3.98. The highest BCUT2D eigenvalue weighted by Gasteiger charge is 2.14. The third-order valence-corrected chi connectivity index (χ3v) is 2.93. The third-order valence-electron chi connectivity index (χ3n) is 2.93. The first-order valence-corrected chi connectivity index (χ1v) is 6.38. The van der Waals surface area contributed by atoms with Crippen molar-refractivity contribution in [3.05, 3.63) is 48.1 Å². The largest absolute Gasteiger partial charge is 0.508 e. The average molecular weight is 259 g/mol. The lowest BCUT2D eigenvalue weighted by molar-refractivity contribution is 0.443. The van der Waals surface area contributed by atoms with Gasteiger partial charge in [-0.2, -0.15) is 0 Å². The molecule has 0 saturated carbocycles. The van der Waals surface area contributed by atoms with Crippen LogP contribution in [0.1, 0.15) is 43.7 Å². The molecule has 0 unspecified atom stereocenters. The van der Waals surface area contributed by atoms with E-state index in [0.717, 1.165) is 12.0 Å². The molecule has 0 aliphatic heterocycles. The first-order chi connectivity index (χ1) is 8.97. The highest BCUT2D eigenvalue weighted by molar-refractivity contribution is 6.01. The van der Waals surface area contributed by atoms with Crippen LogP contribution in [0.4, 0.5) is 0 Å². The Morgan fingerprint density at radius 1 is 1.32 bits per heavy atom. The predicted molar refractivity (Wildman–Crippen MR) is 79.3 cm³/mol. The first-order valence-electron chi connectivity index (χ1n) is 6.38. The molecule has 0 fully saturated rings. The number of rotatable bonds is 6. The predicted octanol–water partition coefficient (Wildman–Crippen LogP) is 4.11. The maximum Gasteiger partial charge on any atom is 0.128 e. The molecule has 19 heavy (non-hydrogen) atoms. The number of hydrogen-bond acceptors (Lipinski definition) is 3. The van der Waals surface area contributed by atoms with Gasteiger partial charge in [-0.25, -0.2) is 0 Å². The molecule has 3 nitrogen and oxygen atoms in total. The number of hydrogen-bond donors (Lipinski definition) is 3. The van der Waals surface area contributed by atoms with Crippen LogP contribution in [-0.4, -0.2) is 15.9 Å². The number of allylic oxidation sites excluding steroid dienone is 3. The minimum Gasteiger partial charge on any atom is -0.508 e. The summed E-state index contributed by atoms with van der Waals surface area (Å²) >= 11 is 0. The maximum atomic E-state index is 9.84. The van der Waals surface area contributed by atoms with Gasteiger partial charge in [0.2, 0.25) is 0 Å². The van der Waals surface area contributed by atoms with Gasteiger partial charge >= 0.3 is 0 Å². The number of benzene rings is 1. The molecule has 1 aromatic rings. The fourth-order valence-corrected chi connectivity index (χ4v) is 1.85. The van der Waals surface area contributed by atoms with E-state index < -0.39 is 0 Å². The van der Waals surface area contributed by atoms with E-state index in [2.05, 4.69) is 6.58 Å². The van der Waals surface area contributed by atoms with Gasteiger partial charge in [0.05, 0.1) is 0 Å². The lowest BCUT2D eigenvalue weighted by atomic mass is 9.95. The van der Waals surface area contributed by atoms with Crippen molar-refractivity contribution in [1.82, 2.24) is 0 Å². The van der Waals surface area contributed by atoms with Gasteiger partial charge in [-0.15, -0.1) is 0 Å². The van der Waals surface area contributed by atoms with Crippen molar-refractivity contribution < 1.29 is 10.2 Å².